The highest BCUT2D eigenvalue weighted by Crippen LogP contribution is 2.25. The zero-order chi connectivity index (χ0) is 16.2. The maximum atomic E-state index is 12.6. The van der Waals surface area contributed by atoms with Crippen LogP contribution < -0.4 is 0 Å². The average molecular weight is 336 g/mol. The van der Waals surface area contributed by atoms with E-state index in [9.17, 15) is 9.59 Å². The number of nitrogens with zero attached hydrogens (tertiary/aromatic N) is 2. The van der Waals surface area contributed by atoms with Crippen molar-refractivity contribution in [2.24, 2.45) is 5.92 Å². The van der Waals surface area contributed by atoms with Crippen LogP contribution in [0.5, 0.6) is 0 Å². The molecule has 2 aliphatic heterocycles. The molecule has 3 heterocycles. The SMILES string of the molecule is COC(=O)c1ccc(CN2CCCC(C(=O)N3CCCC3)C2)s1. The number of piperidine rings is 1. The Morgan fingerprint density at radius 1 is 1.22 bits per heavy atom. The van der Waals surface area contributed by atoms with Gasteiger partial charge in [-0.3, -0.25) is 9.69 Å². The van der Waals surface area contributed by atoms with Crippen LogP contribution in [0.25, 0.3) is 0 Å². The van der Waals surface area contributed by atoms with Crippen molar-refractivity contribution in [1.29, 1.82) is 0 Å². The van der Waals surface area contributed by atoms with E-state index in [-0.39, 0.29) is 11.9 Å². The van der Waals surface area contributed by atoms with Gasteiger partial charge in [0.2, 0.25) is 5.91 Å². The molecule has 0 saturated carbocycles. The molecule has 2 aliphatic rings. The van der Waals surface area contributed by atoms with Crippen LogP contribution in [-0.4, -0.2) is 55.0 Å². The Morgan fingerprint density at radius 2 is 2.00 bits per heavy atom. The number of amides is 1. The zero-order valence-electron chi connectivity index (χ0n) is 13.6. The Morgan fingerprint density at radius 3 is 2.74 bits per heavy atom. The fourth-order valence-electron chi connectivity index (χ4n) is 3.49. The number of carbonyl (C=O) groups is 2. The van der Waals surface area contributed by atoms with Gasteiger partial charge in [0.15, 0.2) is 0 Å². The van der Waals surface area contributed by atoms with Crippen LogP contribution in [0.2, 0.25) is 0 Å². The molecule has 2 fully saturated rings. The van der Waals surface area contributed by atoms with E-state index in [0.29, 0.717) is 10.8 Å². The minimum absolute atomic E-state index is 0.141. The predicted molar refractivity (Wildman–Crippen MR) is 89.5 cm³/mol. The number of ether oxygens (including phenoxy) is 1. The van der Waals surface area contributed by atoms with Gasteiger partial charge in [-0.05, 0) is 44.4 Å². The molecule has 0 aromatic carbocycles. The molecule has 23 heavy (non-hydrogen) atoms. The van der Waals surface area contributed by atoms with Gasteiger partial charge in [-0.1, -0.05) is 0 Å². The number of likely N-dealkylation sites (tertiary alicyclic amines) is 2. The van der Waals surface area contributed by atoms with E-state index in [2.05, 4.69) is 4.90 Å². The second kappa shape index (κ2) is 7.45. The normalized spacial score (nSPS) is 22.3. The number of methoxy groups -OCH3 is 1. The lowest BCUT2D eigenvalue weighted by Crippen LogP contribution is -2.43. The smallest absolute Gasteiger partial charge is 0.348 e. The molecule has 126 valence electrons. The number of rotatable bonds is 4. The molecular weight excluding hydrogens is 312 g/mol. The second-order valence-corrected chi connectivity index (χ2v) is 7.53. The van der Waals surface area contributed by atoms with E-state index in [1.165, 1.54) is 18.4 Å². The summed E-state index contributed by atoms with van der Waals surface area (Å²) in [5, 5.41) is 0. The number of hydrogen-bond acceptors (Lipinski definition) is 5. The van der Waals surface area contributed by atoms with Crippen LogP contribution in [0.1, 0.15) is 40.2 Å². The van der Waals surface area contributed by atoms with Gasteiger partial charge in [-0.25, -0.2) is 4.79 Å². The molecule has 0 aliphatic carbocycles. The van der Waals surface area contributed by atoms with Gasteiger partial charge < -0.3 is 9.64 Å². The molecule has 3 rings (SSSR count). The first-order valence-corrected chi connectivity index (χ1v) is 9.17. The molecule has 0 N–H and O–H groups in total. The van der Waals surface area contributed by atoms with Gasteiger partial charge in [0.25, 0.3) is 0 Å². The van der Waals surface area contributed by atoms with Gasteiger partial charge in [0.1, 0.15) is 4.88 Å². The Hall–Kier alpha value is -1.40. The third-order valence-corrected chi connectivity index (χ3v) is 5.75. The summed E-state index contributed by atoms with van der Waals surface area (Å²) in [6, 6.07) is 3.81. The summed E-state index contributed by atoms with van der Waals surface area (Å²) in [6.45, 7) is 4.53. The minimum Gasteiger partial charge on any atom is -0.465 e. The largest absolute Gasteiger partial charge is 0.465 e. The highest BCUT2D eigenvalue weighted by atomic mass is 32.1. The first-order valence-electron chi connectivity index (χ1n) is 8.35. The number of thiophene rings is 1. The van der Waals surface area contributed by atoms with Crippen LogP contribution in [0, 0.1) is 5.92 Å². The molecule has 2 saturated heterocycles. The van der Waals surface area contributed by atoms with E-state index >= 15 is 0 Å². The average Bonchev–Trinajstić information content (AvgIpc) is 3.25. The number of esters is 1. The molecule has 1 aromatic rings. The molecule has 1 atom stereocenters. The van der Waals surface area contributed by atoms with Crippen LogP contribution in [0.15, 0.2) is 12.1 Å². The third kappa shape index (κ3) is 3.93. The van der Waals surface area contributed by atoms with E-state index in [0.717, 1.165) is 63.3 Å². The summed E-state index contributed by atoms with van der Waals surface area (Å²) < 4.78 is 4.75. The first-order chi connectivity index (χ1) is 11.2. The molecule has 6 heteroatoms. The van der Waals surface area contributed by atoms with Crippen molar-refractivity contribution < 1.29 is 14.3 Å². The van der Waals surface area contributed by atoms with Crippen LogP contribution in [0.3, 0.4) is 0 Å². The van der Waals surface area contributed by atoms with Crippen molar-refractivity contribution in [3.8, 4) is 0 Å². The van der Waals surface area contributed by atoms with Crippen molar-refractivity contribution >= 4 is 23.2 Å². The van der Waals surface area contributed by atoms with Gasteiger partial charge >= 0.3 is 5.97 Å². The highest BCUT2D eigenvalue weighted by Gasteiger charge is 2.30. The minimum atomic E-state index is -0.276. The zero-order valence-corrected chi connectivity index (χ0v) is 14.4. The van der Waals surface area contributed by atoms with E-state index < -0.39 is 0 Å². The van der Waals surface area contributed by atoms with E-state index in [4.69, 9.17) is 4.74 Å². The van der Waals surface area contributed by atoms with Gasteiger partial charge in [0, 0.05) is 31.1 Å². The quantitative estimate of drug-likeness (QED) is 0.792. The van der Waals surface area contributed by atoms with Crippen molar-refractivity contribution in [2.45, 2.75) is 32.2 Å². The Labute approximate surface area is 141 Å². The lowest BCUT2D eigenvalue weighted by atomic mass is 9.96. The maximum Gasteiger partial charge on any atom is 0.348 e. The Balaban J connectivity index is 1.57. The van der Waals surface area contributed by atoms with Crippen LogP contribution in [0.4, 0.5) is 0 Å². The second-order valence-electron chi connectivity index (χ2n) is 6.36. The Kier molecular flexibility index (Phi) is 5.33. The molecule has 0 bridgehead atoms. The number of carbonyl (C=O) groups excluding carboxylic acids is 2. The fourth-order valence-corrected chi connectivity index (χ4v) is 4.46. The molecule has 1 unspecified atom stereocenters. The van der Waals surface area contributed by atoms with Crippen LogP contribution >= 0.6 is 11.3 Å². The lowest BCUT2D eigenvalue weighted by molar-refractivity contribution is -0.136. The van der Waals surface area contributed by atoms with Gasteiger partial charge in [-0.2, -0.15) is 0 Å². The lowest BCUT2D eigenvalue weighted by Gasteiger charge is -2.33. The van der Waals surface area contributed by atoms with Crippen molar-refractivity contribution in [1.82, 2.24) is 9.80 Å². The molecule has 0 radical (unpaired) electrons. The van der Waals surface area contributed by atoms with Crippen LogP contribution in [-0.2, 0) is 16.1 Å². The topological polar surface area (TPSA) is 49.9 Å². The Bertz CT molecular complexity index is 566. The maximum absolute atomic E-state index is 12.6. The number of hydrogen-bond donors (Lipinski definition) is 0. The van der Waals surface area contributed by atoms with Crippen molar-refractivity contribution in [3.63, 3.8) is 0 Å². The highest BCUT2D eigenvalue weighted by molar-refractivity contribution is 7.13. The van der Waals surface area contributed by atoms with Crippen molar-refractivity contribution in [2.75, 3.05) is 33.3 Å². The molecule has 5 nitrogen and oxygen atoms in total. The summed E-state index contributed by atoms with van der Waals surface area (Å²) in [4.78, 5) is 30.3. The molecule has 1 aromatic heterocycles. The monoisotopic (exact) mass is 336 g/mol. The van der Waals surface area contributed by atoms with Gasteiger partial charge in [0.05, 0.1) is 13.0 Å². The van der Waals surface area contributed by atoms with E-state index in [1.807, 2.05) is 17.0 Å². The summed E-state index contributed by atoms with van der Waals surface area (Å²) >= 11 is 1.48. The third-order valence-electron chi connectivity index (χ3n) is 4.70. The summed E-state index contributed by atoms with van der Waals surface area (Å²) in [5.41, 5.74) is 0. The summed E-state index contributed by atoms with van der Waals surface area (Å²) in [5.74, 6) is 0.206. The van der Waals surface area contributed by atoms with E-state index in [1.54, 1.807) is 0 Å². The fraction of sp³-hybridized carbons (Fsp3) is 0.647. The standard InChI is InChI=1S/C17H24N2O3S/c1-22-17(21)15-7-6-14(23-15)12-18-8-4-5-13(11-18)16(20)19-9-2-3-10-19/h6-7,13H,2-5,8-12H2,1H3. The molecule has 0 spiro atoms. The summed E-state index contributed by atoms with van der Waals surface area (Å²) in [6.07, 6.45) is 4.37. The van der Waals surface area contributed by atoms with Crippen molar-refractivity contribution in [3.05, 3.63) is 21.9 Å². The summed E-state index contributed by atoms with van der Waals surface area (Å²) in [7, 11) is 1.40. The molecular formula is C17H24N2O3S. The predicted octanol–water partition coefficient (Wildman–Crippen LogP) is 2.37. The first kappa shape index (κ1) is 16.5. The van der Waals surface area contributed by atoms with Gasteiger partial charge in [-0.15, -0.1) is 11.3 Å². The molecule has 1 amide bonds.